The van der Waals surface area contributed by atoms with E-state index < -0.39 is 55.8 Å². The van der Waals surface area contributed by atoms with Gasteiger partial charge in [0.15, 0.2) is 0 Å². The summed E-state index contributed by atoms with van der Waals surface area (Å²) in [7, 11) is 1.36. The largest absolute Gasteiger partial charge is 0.465 e. The average Bonchev–Trinajstić information content (AvgIpc) is 2.87. The molecule has 16 heavy (non-hydrogen) atoms. The molecule has 88 valence electrons. The Bertz CT molecular complexity index is 758. The molecule has 1 aliphatic heterocycles. The third kappa shape index (κ3) is 1.84. The first kappa shape index (κ1) is 4.17. The van der Waals surface area contributed by atoms with Crippen LogP contribution in [-0.4, -0.2) is 22.1 Å². The Morgan fingerprint density at radius 2 is 2.75 bits per heavy atom. The maximum Gasteiger partial charge on any atom is 0.309 e. The number of imidazole rings is 1. The van der Waals surface area contributed by atoms with Crippen LogP contribution >= 0.6 is 0 Å². The van der Waals surface area contributed by atoms with Crippen LogP contribution in [0.1, 0.15) is 38.5 Å². The van der Waals surface area contributed by atoms with E-state index in [4.69, 9.17) is 13.7 Å². The zero-order valence-corrected chi connectivity index (χ0v) is 8.92. The first-order chi connectivity index (χ1) is 11.5. The second-order valence-corrected chi connectivity index (χ2v) is 3.36. The second-order valence-electron chi connectivity index (χ2n) is 3.36. The number of esters is 1. The van der Waals surface area contributed by atoms with Crippen molar-refractivity contribution in [3.05, 3.63) is 17.7 Å². The summed E-state index contributed by atoms with van der Waals surface area (Å²) in [5, 5.41) is 0. The van der Waals surface area contributed by atoms with Crippen molar-refractivity contribution in [3.63, 3.8) is 0 Å². The zero-order chi connectivity index (χ0) is 20.5. The van der Waals surface area contributed by atoms with Crippen LogP contribution in [0.3, 0.4) is 0 Å². The van der Waals surface area contributed by atoms with E-state index in [0.717, 1.165) is 4.57 Å². The van der Waals surface area contributed by atoms with Crippen molar-refractivity contribution in [2.24, 2.45) is 18.8 Å². The number of ether oxygens (including phenoxy) is 1. The topological polar surface area (TPSA) is 44.1 Å². The quantitative estimate of drug-likeness (QED) is 0.741. The highest BCUT2D eigenvalue weighted by molar-refractivity contribution is 5.74. The predicted octanol–water partition coefficient (Wildman–Crippen LogP) is 1.47. The molecule has 1 aliphatic rings. The normalized spacial score (nSPS) is 45.8. The summed E-state index contributed by atoms with van der Waals surface area (Å²) < 4.78 is 85.1. The summed E-state index contributed by atoms with van der Waals surface area (Å²) >= 11 is 0. The van der Waals surface area contributed by atoms with Crippen molar-refractivity contribution >= 4 is 5.97 Å². The van der Waals surface area contributed by atoms with Crippen LogP contribution < -0.4 is 0 Å². The van der Waals surface area contributed by atoms with Crippen molar-refractivity contribution in [2.75, 3.05) is 6.61 Å². The summed E-state index contributed by atoms with van der Waals surface area (Å²) in [6.07, 6.45) is -7.14. The van der Waals surface area contributed by atoms with E-state index in [9.17, 15) is 4.79 Å². The van der Waals surface area contributed by atoms with E-state index in [1.807, 2.05) is 0 Å². The van der Waals surface area contributed by atoms with E-state index in [1.54, 1.807) is 0 Å². The van der Waals surface area contributed by atoms with Crippen molar-refractivity contribution in [1.29, 1.82) is 0 Å². The molecule has 0 radical (unpaired) electrons. The number of carbonyl (C=O) groups is 1. The Labute approximate surface area is 110 Å². The molecule has 0 aromatic carbocycles. The molecule has 2 heterocycles. The van der Waals surface area contributed by atoms with Crippen LogP contribution in [0.5, 0.6) is 0 Å². The zero-order valence-electron chi connectivity index (χ0n) is 18.9. The number of carbonyl (C=O) groups excluding carboxylic acids is 1. The van der Waals surface area contributed by atoms with Crippen LogP contribution in [-0.2, 0) is 23.0 Å². The fourth-order valence-corrected chi connectivity index (χ4v) is 1.33. The summed E-state index contributed by atoms with van der Waals surface area (Å²) in [6.45, 7) is -3.06. The number of aromatic nitrogens is 2. The first-order valence-electron chi connectivity index (χ1n) is 9.64. The highest BCUT2D eigenvalue weighted by Crippen LogP contribution is 2.28. The minimum atomic E-state index is -3.58. The maximum absolute atomic E-state index is 12.2. The lowest BCUT2D eigenvalue weighted by atomic mass is 9.89. The van der Waals surface area contributed by atoms with Crippen LogP contribution in [0.15, 0.2) is 6.17 Å². The molecule has 1 aromatic heterocycles. The van der Waals surface area contributed by atoms with E-state index in [-0.39, 0.29) is 5.82 Å². The minimum Gasteiger partial charge on any atom is -0.465 e. The van der Waals surface area contributed by atoms with Gasteiger partial charge in [0, 0.05) is 37.1 Å². The van der Waals surface area contributed by atoms with Gasteiger partial charge in [-0.3, -0.25) is 4.79 Å². The molecule has 0 bridgehead atoms. The van der Waals surface area contributed by atoms with Gasteiger partial charge >= 0.3 is 5.97 Å². The number of nitrogens with zero attached hydrogens (tertiary/aromatic N) is 2. The van der Waals surface area contributed by atoms with Gasteiger partial charge in [-0.2, -0.15) is 0 Å². The summed E-state index contributed by atoms with van der Waals surface area (Å²) in [6, 6.07) is 0. The molecular weight excluding hydrogens is 204 g/mol. The van der Waals surface area contributed by atoms with Crippen molar-refractivity contribution in [1.82, 2.24) is 9.55 Å². The molecule has 0 spiro atoms. The van der Waals surface area contributed by atoms with Crippen molar-refractivity contribution < 1.29 is 23.2 Å². The van der Waals surface area contributed by atoms with Gasteiger partial charge < -0.3 is 9.30 Å². The number of rotatable bonds is 3. The molecule has 1 aromatic rings. The molecule has 0 aliphatic carbocycles. The molecule has 4 nitrogen and oxygen atoms in total. The lowest BCUT2D eigenvalue weighted by Gasteiger charge is -2.13. The molecule has 2 rings (SSSR count). The molecule has 1 saturated heterocycles. The SMILES string of the molecule is [2H]c1nc(C)n(C)c1C([2H])([2H])[C@@]1([2H])COC(=O)[C@@]1([2H])C([2H])([2H])C([2H])([2H])[2H]. The van der Waals surface area contributed by atoms with Gasteiger partial charge in [-0.05, 0) is 19.7 Å². The molecule has 0 unspecified atom stereocenters. The molecule has 4 heteroatoms. The van der Waals surface area contributed by atoms with Crippen LogP contribution in [0.25, 0.3) is 0 Å². The summed E-state index contributed by atoms with van der Waals surface area (Å²) in [5.41, 5.74) is -0.471. The van der Waals surface area contributed by atoms with E-state index >= 15 is 0 Å². The third-order valence-corrected chi connectivity index (χ3v) is 2.39. The molecule has 2 atom stereocenters. The Morgan fingerprint density at radius 1 is 1.94 bits per heavy atom. The van der Waals surface area contributed by atoms with Gasteiger partial charge in [0.1, 0.15) is 5.82 Å². The third-order valence-electron chi connectivity index (χ3n) is 2.39. The van der Waals surface area contributed by atoms with Gasteiger partial charge in [0.2, 0.25) is 0 Å². The number of hydrogen-bond acceptors (Lipinski definition) is 3. The standard InChI is InChI=1S/C12H18N2O2/c1-4-11-9(7-16-12(11)15)5-10-6-13-8(2)14(10)3/h6,9,11H,4-5,7H2,1-3H3/t9-,11-/m0/s1/i1D3,4D2,5D2,6D,9D,11D. The second kappa shape index (κ2) is 4.28. The van der Waals surface area contributed by atoms with Crippen molar-refractivity contribution in [2.45, 2.75) is 26.5 Å². The Morgan fingerprint density at radius 3 is 3.38 bits per heavy atom. The molecule has 0 saturated carbocycles. The van der Waals surface area contributed by atoms with Crippen LogP contribution in [0.4, 0.5) is 0 Å². The highest BCUT2D eigenvalue weighted by Gasteiger charge is 2.35. The van der Waals surface area contributed by atoms with E-state index in [2.05, 4.69) is 9.72 Å². The number of hydrogen-bond donors (Lipinski definition) is 0. The Balaban J connectivity index is 2.79. The van der Waals surface area contributed by atoms with E-state index in [0.29, 0.717) is 0 Å². The summed E-state index contributed by atoms with van der Waals surface area (Å²) in [5.74, 6) is -7.80. The lowest BCUT2D eigenvalue weighted by molar-refractivity contribution is -0.141. The van der Waals surface area contributed by atoms with E-state index in [1.165, 1.54) is 14.0 Å². The maximum atomic E-state index is 12.2. The summed E-state index contributed by atoms with van der Waals surface area (Å²) in [4.78, 5) is 16.0. The number of cyclic esters (lactones) is 1. The monoisotopic (exact) mass is 232 g/mol. The molecular formula is C12H18N2O2. The smallest absolute Gasteiger partial charge is 0.309 e. The first-order valence-corrected chi connectivity index (χ1v) is 4.64. The highest BCUT2D eigenvalue weighted by atomic mass is 16.5. The minimum absolute atomic E-state index is 0.220. The van der Waals surface area contributed by atoms with Crippen molar-refractivity contribution in [3.8, 4) is 0 Å². The lowest BCUT2D eigenvalue weighted by Crippen LogP contribution is -2.18. The predicted molar refractivity (Wildman–Crippen MR) is 59.9 cm³/mol. The fraction of sp³-hybridized carbons (Fsp3) is 0.667. The number of aryl methyl sites for hydroxylation is 1. The van der Waals surface area contributed by atoms with Gasteiger partial charge in [0.25, 0.3) is 0 Å². The molecule has 0 amide bonds. The van der Waals surface area contributed by atoms with Gasteiger partial charge in [-0.1, -0.05) is 6.85 Å². The Kier molecular flexibility index (Phi) is 1.11. The van der Waals surface area contributed by atoms with Crippen LogP contribution in [0.2, 0.25) is 0 Å². The molecule has 0 N–H and O–H groups in total. The van der Waals surface area contributed by atoms with Gasteiger partial charge in [-0.15, -0.1) is 0 Å². The van der Waals surface area contributed by atoms with Crippen LogP contribution in [0, 0.1) is 18.7 Å². The van der Waals surface area contributed by atoms with Gasteiger partial charge in [-0.25, -0.2) is 4.98 Å². The average molecular weight is 232 g/mol. The van der Waals surface area contributed by atoms with Gasteiger partial charge in [0.05, 0.1) is 13.9 Å². The Hall–Kier alpha value is -1.32. The fourth-order valence-electron chi connectivity index (χ4n) is 1.33. The molecule has 1 fully saturated rings.